The molecule has 1 aromatic rings. The van der Waals surface area contributed by atoms with Crippen molar-refractivity contribution in [3.8, 4) is 0 Å². The van der Waals surface area contributed by atoms with Gasteiger partial charge in [0.25, 0.3) is 11.8 Å². The maximum atomic E-state index is 12.1. The number of nitrogens with two attached hydrogens (primary N) is 2. The lowest BCUT2D eigenvalue weighted by Crippen LogP contribution is -2.24. The molecule has 2 amide bonds. The van der Waals surface area contributed by atoms with E-state index in [1.807, 2.05) is 18.9 Å². The average Bonchev–Trinajstić information content (AvgIpc) is 3.16. The van der Waals surface area contributed by atoms with E-state index in [2.05, 4.69) is 5.32 Å². The second kappa shape index (κ2) is 6.34. The highest BCUT2D eigenvalue weighted by Gasteiger charge is 2.29. The van der Waals surface area contributed by atoms with Crippen LogP contribution >= 0.6 is 11.3 Å². The zero-order valence-corrected chi connectivity index (χ0v) is 13.3. The van der Waals surface area contributed by atoms with Gasteiger partial charge in [0.2, 0.25) is 0 Å². The number of carbonyl (C=O) groups is 2. The smallest absolute Gasteiger partial charge is 0.263 e. The zero-order chi connectivity index (χ0) is 15.6. The Morgan fingerprint density at radius 3 is 2.62 bits per heavy atom. The van der Waals surface area contributed by atoms with Gasteiger partial charge in [-0.1, -0.05) is 6.92 Å². The first-order valence-electron chi connectivity index (χ1n) is 7.17. The van der Waals surface area contributed by atoms with Crippen molar-refractivity contribution in [2.75, 3.05) is 30.8 Å². The Hall–Kier alpha value is -1.76. The Labute approximate surface area is 128 Å². The Balaban J connectivity index is 2.30. The van der Waals surface area contributed by atoms with Crippen molar-refractivity contribution in [2.24, 2.45) is 11.7 Å². The summed E-state index contributed by atoms with van der Waals surface area (Å²) in [6, 6.07) is 0. The van der Waals surface area contributed by atoms with Gasteiger partial charge in [-0.05, 0) is 25.2 Å². The minimum Gasteiger partial charge on any atom is -0.397 e. The second-order valence-corrected chi connectivity index (χ2v) is 6.47. The maximum Gasteiger partial charge on any atom is 0.263 e. The summed E-state index contributed by atoms with van der Waals surface area (Å²) in [7, 11) is 1.91. The minimum absolute atomic E-state index is 0.193. The molecular formula is C14H22N4O2S. The van der Waals surface area contributed by atoms with E-state index >= 15 is 0 Å². The molecule has 116 valence electrons. The number of carbonyl (C=O) groups excluding carboxylic acids is 2. The van der Waals surface area contributed by atoms with Crippen molar-refractivity contribution in [1.82, 2.24) is 5.32 Å². The number of amides is 2. The van der Waals surface area contributed by atoms with E-state index in [0.29, 0.717) is 22.3 Å². The molecule has 21 heavy (non-hydrogen) atoms. The fraction of sp³-hybridized carbons (Fsp3) is 0.571. The number of nitrogen functional groups attached to an aromatic ring is 1. The monoisotopic (exact) mass is 310 g/mol. The van der Waals surface area contributed by atoms with E-state index < -0.39 is 5.91 Å². The molecular weight excluding hydrogens is 288 g/mol. The van der Waals surface area contributed by atoms with Gasteiger partial charge in [0.15, 0.2) is 0 Å². The van der Waals surface area contributed by atoms with Crippen LogP contribution in [-0.2, 0) is 0 Å². The largest absolute Gasteiger partial charge is 0.397 e. The van der Waals surface area contributed by atoms with E-state index in [1.54, 1.807) is 0 Å². The first-order chi connectivity index (χ1) is 9.95. The van der Waals surface area contributed by atoms with Crippen molar-refractivity contribution in [3.05, 3.63) is 10.4 Å². The minimum atomic E-state index is -0.587. The highest BCUT2D eigenvalue weighted by molar-refractivity contribution is 7.19. The Bertz CT molecular complexity index is 551. The number of primary amides is 1. The molecule has 0 unspecified atom stereocenters. The third-order valence-electron chi connectivity index (χ3n) is 3.49. The lowest BCUT2D eigenvalue weighted by molar-refractivity contribution is 0.0958. The first-order valence-corrected chi connectivity index (χ1v) is 7.98. The molecule has 1 aromatic heterocycles. The first kappa shape index (κ1) is 15.6. The van der Waals surface area contributed by atoms with E-state index in [-0.39, 0.29) is 17.2 Å². The Morgan fingerprint density at radius 2 is 2.10 bits per heavy atom. The van der Waals surface area contributed by atoms with Crippen LogP contribution < -0.4 is 21.7 Å². The molecule has 0 radical (unpaired) electrons. The molecule has 1 saturated carbocycles. The average molecular weight is 310 g/mol. The molecule has 5 N–H and O–H groups in total. The summed E-state index contributed by atoms with van der Waals surface area (Å²) in [5.41, 5.74) is 11.9. The standard InChI is InChI=1S/C14H22N4O2S/c1-3-6-17-13(20)11-10(15)9(12(16)19)14(21-11)18(2)7-8-4-5-8/h8H,3-7,15H2,1-2H3,(H2,16,19)(H,17,20). The van der Waals surface area contributed by atoms with E-state index in [1.165, 1.54) is 24.2 Å². The van der Waals surface area contributed by atoms with Crippen molar-refractivity contribution in [1.29, 1.82) is 0 Å². The van der Waals surface area contributed by atoms with Crippen LogP contribution in [0.25, 0.3) is 0 Å². The third-order valence-corrected chi connectivity index (χ3v) is 4.81. The van der Waals surface area contributed by atoms with Gasteiger partial charge in [-0.25, -0.2) is 0 Å². The number of rotatable bonds is 7. The Morgan fingerprint density at radius 1 is 1.43 bits per heavy atom. The van der Waals surface area contributed by atoms with Gasteiger partial charge in [-0.15, -0.1) is 11.3 Å². The van der Waals surface area contributed by atoms with Crippen LogP contribution in [-0.4, -0.2) is 32.0 Å². The van der Waals surface area contributed by atoms with Gasteiger partial charge >= 0.3 is 0 Å². The number of anilines is 2. The van der Waals surface area contributed by atoms with Crippen LogP contribution in [0.1, 0.15) is 46.2 Å². The van der Waals surface area contributed by atoms with E-state index in [0.717, 1.165) is 13.0 Å². The van der Waals surface area contributed by atoms with Crippen LogP contribution in [0.15, 0.2) is 0 Å². The van der Waals surface area contributed by atoms with Crippen LogP contribution in [0.4, 0.5) is 10.7 Å². The van der Waals surface area contributed by atoms with Gasteiger partial charge in [-0.2, -0.15) is 0 Å². The second-order valence-electron chi connectivity index (χ2n) is 5.47. The number of nitrogens with zero attached hydrogens (tertiary/aromatic N) is 1. The normalized spacial score (nSPS) is 14.0. The molecule has 6 nitrogen and oxygen atoms in total. The molecule has 1 heterocycles. The quantitative estimate of drug-likeness (QED) is 0.708. The molecule has 7 heteroatoms. The summed E-state index contributed by atoms with van der Waals surface area (Å²) in [6.07, 6.45) is 3.26. The molecule has 1 aliphatic carbocycles. The van der Waals surface area contributed by atoms with Gasteiger partial charge < -0.3 is 21.7 Å². The summed E-state index contributed by atoms with van der Waals surface area (Å²) < 4.78 is 0. The maximum absolute atomic E-state index is 12.1. The van der Waals surface area contributed by atoms with Gasteiger partial charge in [0.05, 0.1) is 11.3 Å². The fourth-order valence-electron chi connectivity index (χ4n) is 2.20. The van der Waals surface area contributed by atoms with Crippen LogP contribution in [0.3, 0.4) is 0 Å². The summed E-state index contributed by atoms with van der Waals surface area (Å²) in [5.74, 6) is -0.166. The number of nitrogens with one attached hydrogen (secondary N) is 1. The molecule has 0 bridgehead atoms. The van der Waals surface area contributed by atoms with Crippen molar-refractivity contribution in [2.45, 2.75) is 26.2 Å². The van der Waals surface area contributed by atoms with Crippen molar-refractivity contribution in [3.63, 3.8) is 0 Å². The van der Waals surface area contributed by atoms with Gasteiger partial charge in [-0.3, -0.25) is 9.59 Å². The molecule has 0 spiro atoms. The predicted octanol–water partition coefficient (Wildman–Crippen LogP) is 1.42. The number of hydrogen-bond acceptors (Lipinski definition) is 5. The topological polar surface area (TPSA) is 101 Å². The fourth-order valence-corrected chi connectivity index (χ4v) is 3.31. The summed E-state index contributed by atoms with van der Waals surface area (Å²) >= 11 is 1.24. The Kier molecular flexibility index (Phi) is 4.72. The van der Waals surface area contributed by atoms with Crippen LogP contribution in [0.2, 0.25) is 0 Å². The van der Waals surface area contributed by atoms with Crippen molar-refractivity contribution < 1.29 is 9.59 Å². The van der Waals surface area contributed by atoms with Crippen LogP contribution in [0.5, 0.6) is 0 Å². The van der Waals surface area contributed by atoms with Gasteiger partial charge in [0, 0.05) is 20.1 Å². The molecule has 0 saturated heterocycles. The number of hydrogen-bond donors (Lipinski definition) is 3. The van der Waals surface area contributed by atoms with Crippen molar-refractivity contribution >= 4 is 33.8 Å². The van der Waals surface area contributed by atoms with E-state index in [9.17, 15) is 9.59 Å². The SMILES string of the molecule is CCCNC(=O)c1sc(N(C)CC2CC2)c(C(N)=O)c1N. The zero-order valence-electron chi connectivity index (χ0n) is 12.4. The highest BCUT2D eigenvalue weighted by atomic mass is 32.1. The van der Waals surface area contributed by atoms with Gasteiger partial charge in [0.1, 0.15) is 9.88 Å². The third kappa shape index (κ3) is 3.47. The van der Waals surface area contributed by atoms with E-state index in [4.69, 9.17) is 11.5 Å². The number of thiophene rings is 1. The lowest BCUT2D eigenvalue weighted by atomic mass is 10.2. The lowest BCUT2D eigenvalue weighted by Gasteiger charge is -2.18. The summed E-state index contributed by atoms with van der Waals surface area (Å²) in [4.78, 5) is 26.2. The molecule has 1 aliphatic rings. The molecule has 2 rings (SSSR count). The summed E-state index contributed by atoms with van der Waals surface area (Å²) in [5, 5.41) is 3.47. The molecule has 0 aliphatic heterocycles. The summed E-state index contributed by atoms with van der Waals surface area (Å²) in [6.45, 7) is 3.41. The molecule has 1 fully saturated rings. The predicted molar refractivity (Wildman–Crippen MR) is 85.9 cm³/mol. The van der Waals surface area contributed by atoms with Crippen LogP contribution in [0, 0.1) is 5.92 Å². The molecule has 0 atom stereocenters. The molecule has 0 aromatic carbocycles. The highest BCUT2D eigenvalue weighted by Crippen LogP contribution is 2.39.